The number of rotatable bonds is 4. The van der Waals surface area contributed by atoms with E-state index in [-0.39, 0.29) is 17.7 Å². The third kappa shape index (κ3) is 4.91. The van der Waals surface area contributed by atoms with Gasteiger partial charge in [0.05, 0.1) is 26.6 Å². The molecule has 2 heterocycles. The quantitative estimate of drug-likeness (QED) is 0.482. The summed E-state index contributed by atoms with van der Waals surface area (Å²) in [6, 6.07) is 10.9. The van der Waals surface area contributed by atoms with Crippen LogP contribution in [0.1, 0.15) is 31.2 Å². The van der Waals surface area contributed by atoms with Gasteiger partial charge >= 0.3 is 0 Å². The van der Waals surface area contributed by atoms with E-state index in [1.165, 1.54) is 11.8 Å². The van der Waals surface area contributed by atoms with Gasteiger partial charge in [0.25, 0.3) is 5.91 Å². The van der Waals surface area contributed by atoms with Crippen molar-refractivity contribution in [2.24, 2.45) is 10.9 Å². The number of halogens is 1. The van der Waals surface area contributed by atoms with E-state index in [0.717, 1.165) is 42.3 Å². The van der Waals surface area contributed by atoms with E-state index in [1.54, 1.807) is 36.7 Å². The molecule has 1 fully saturated rings. The number of hydrogen-bond donors (Lipinski definition) is 2. The van der Waals surface area contributed by atoms with Gasteiger partial charge in [-0.05, 0) is 66.6 Å². The topological polar surface area (TPSA) is 96.3 Å². The van der Waals surface area contributed by atoms with Gasteiger partial charge in [-0.15, -0.1) is 0 Å². The molecule has 0 radical (unpaired) electrons. The number of nitrogens with one attached hydrogen (secondary N) is 2. The maximum absolute atomic E-state index is 12.5. The van der Waals surface area contributed by atoms with Gasteiger partial charge in [0, 0.05) is 24.0 Å². The Morgan fingerprint density at radius 1 is 1.06 bits per heavy atom. The number of benzene rings is 2. The van der Waals surface area contributed by atoms with Crippen LogP contribution < -0.4 is 10.6 Å². The lowest BCUT2D eigenvalue weighted by Gasteiger charge is -2.13. The Morgan fingerprint density at radius 3 is 2.67 bits per heavy atom. The molecule has 1 saturated carbocycles. The van der Waals surface area contributed by atoms with E-state index in [2.05, 4.69) is 25.6 Å². The van der Waals surface area contributed by atoms with Crippen molar-refractivity contribution >= 4 is 68.8 Å². The highest BCUT2D eigenvalue weighted by Crippen LogP contribution is 2.33. The van der Waals surface area contributed by atoms with Crippen molar-refractivity contribution in [3.63, 3.8) is 0 Å². The van der Waals surface area contributed by atoms with Gasteiger partial charge in [-0.3, -0.25) is 19.6 Å². The van der Waals surface area contributed by atoms with Gasteiger partial charge < -0.3 is 10.6 Å². The van der Waals surface area contributed by atoms with Crippen molar-refractivity contribution in [2.45, 2.75) is 25.7 Å². The van der Waals surface area contributed by atoms with E-state index in [1.807, 2.05) is 18.2 Å². The number of carbonyl (C=O) groups excluding carboxylic acids is 2. The fourth-order valence-corrected chi connectivity index (χ4v) is 4.92. The van der Waals surface area contributed by atoms with Crippen LogP contribution in [-0.4, -0.2) is 26.9 Å². The third-order valence-corrected chi connectivity index (χ3v) is 6.84. The molecule has 1 aliphatic carbocycles. The van der Waals surface area contributed by atoms with Crippen LogP contribution in [0.4, 0.5) is 11.4 Å². The minimum Gasteiger partial charge on any atom is -0.333 e. The largest absolute Gasteiger partial charge is 0.333 e. The second-order valence-electron chi connectivity index (χ2n) is 7.93. The van der Waals surface area contributed by atoms with E-state index in [0.29, 0.717) is 26.5 Å². The molecule has 2 amide bonds. The van der Waals surface area contributed by atoms with Crippen molar-refractivity contribution in [1.29, 1.82) is 0 Å². The molecule has 1 aliphatic heterocycles. The van der Waals surface area contributed by atoms with Crippen molar-refractivity contribution in [3.8, 4) is 0 Å². The molecule has 166 valence electrons. The van der Waals surface area contributed by atoms with Crippen LogP contribution in [0.25, 0.3) is 17.1 Å². The van der Waals surface area contributed by atoms with Gasteiger partial charge in [-0.1, -0.05) is 30.5 Å². The van der Waals surface area contributed by atoms with Crippen molar-refractivity contribution in [2.75, 3.05) is 10.6 Å². The molecule has 0 bridgehead atoms. The summed E-state index contributed by atoms with van der Waals surface area (Å²) in [5, 5.41) is 6.97. The van der Waals surface area contributed by atoms with Gasteiger partial charge in [0.2, 0.25) is 5.91 Å². The third-order valence-electron chi connectivity index (χ3n) is 5.61. The lowest BCUT2D eigenvalue weighted by Crippen LogP contribution is -2.20. The number of carbonyl (C=O) groups is 2. The Bertz CT molecular complexity index is 1320. The first-order chi connectivity index (χ1) is 16.0. The van der Waals surface area contributed by atoms with Crippen LogP contribution in [0, 0.1) is 5.92 Å². The molecule has 0 unspecified atom stereocenters. The molecule has 2 N–H and O–H groups in total. The molecule has 9 heteroatoms. The van der Waals surface area contributed by atoms with E-state index >= 15 is 0 Å². The number of thioether (sulfide) groups is 1. The summed E-state index contributed by atoms with van der Waals surface area (Å²) >= 11 is 7.58. The number of anilines is 2. The summed E-state index contributed by atoms with van der Waals surface area (Å²) in [5.41, 5.74) is 3.61. The number of fused-ring (bicyclic) bond motifs is 1. The smallest absolute Gasteiger partial charge is 0.286 e. The summed E-state index contributed by atoms with van der Waals surface area (Å²) in [7, 11) is 0. The first-order valence-electron chi connectivity index (χ1n) is 10.7. The average Bonchev–Trinajstić information content (AvgIpc) is 3.46. The van der Waals surface area contributed by atoms with Crippen LogP contribution in [0.2, 0.25) is 5.02 Å². The molecule has 5 rings (SSSR count). The fraction of sp³-hybridized carbons (Fsp3) is 0.208. The van der Waals surface area contributed by atoms with Crippen molar-refractivity contribution < 1.29 is 9.59 Å². The standard InChI is InChI=1S/C24H20ClN5O2S/c25-17-7-6-16(28-22(31)15-3-1-2-4-15)13-19(17)29-24-30-23(32)21(33-24)12-14-5-8-18-20(11-14)27-10-9-26-18/h5-13,15H,1-4H2,(H,28,31)(H,29,30,32)/b21-12-. The Hall–Kier alpha value is -3.23. The number of hydrogen-bond acceptors (Lipinski definition) is 6. The molecule has 1 aromatic heterocycles. The summed E-state index contributed by atoms with van der Waals surface area (Å²) in [4.78, 5) is 38.0. The minimum atomic E-state index is -0.330. The molecule has 33 heavy (non-hydrogen) atoms. The number of nitrogens with zero attached hydrogens (tertiary/aromatic N) is 3. The van der Waals surface area contributed by atoms with Crippen molar-refractivity contribution in [1.82, 2.24) is 9.97 Å². The fourth-order valence-electron chi connectivity index (χ4n) is 3.93. The van der Waals surface area contributed by atoms with E-state index in [9.17, 15) is 9.59 Å². The molecule has 2 aromatic carbocycles. The Labute approximate surface area is 199 Å². The molecule has 0 spiro atoms. The maximum atomic E-state index is 12.5. The zero-order chi connectivity index (χ0) is 22.8. The molecule has 0 saturated heterocycles. The first-order valence-corrected chi connectivity index (χ1v) is 11.9. The molecule has 2 aliphatic rings. The lowest BCUT2D eigenvalue weighted by molar-refractivity contribution is -0.119. The summed E-state index contributed by atoms with van der Waals surface area (Å²) in [6.07, 6.45) is 9.10. The highest BCUT2D eigenvalue weighted by Gasteiger charge is 2.24. The zero-order valence-electron chi connectivity index (χ0n) is 17.5. The normalized spacial score (nSPS) is 17.5. The van der Waals surface area contributed by atoms with Crippen LogP contribution in [0.5, 0.6) is 0 Å². The SMILES string of the molecule is O=C1N=C(Nc2cc(NC(=O)C3CCCC3)ccc2Cl)S/C1=C\c1ccc2nccnc2c1. The molecule has 7 nitrogen and oxygen atoms in total. The van der Waals surface area contributed by atoms with Crippen LogP contribution >= 0.6 is 23.4 Å². The number of amidine groups is 1. The summed E-state index contributed by atoms with van der Waals surface area (Å²) in [5.74, 6) is -0.226. The molecule has 0 atom stereocenters. The minimum absolute atomic E-state index is 0.0360. The average molecular weight is 478 g/mol. The molecule has 3 aromatic rings. The highest BCUT2D eigenvalue weighted by atomic mass is 35.5. The zero-order valence-corrected chi connectivity index (χ0v) is 19.1. The second kappa shape index (κ2) is 9.33. The van der Waals surface area contributed by atoms with Gasteiger partial charge in [-0.25, -0.2) is 0 Å². The maximum Gasteiger partial charge on any atom is 0.286 e. The van der Waals surface area contributed by atoms with Crippen molar-refractivity contribution in [3.05, 3.63) is 64.3 Å². The number of aromatic nitrogens is 2. The monoisotopic (exact) mass is 477 g/mol. The summed E-state index contributed by atoms with van der Waals surface area (Å²) in [6.45, 7) is 0. The van der Waals surface area contributed by atoms with Gasteiger partial charge in [0.1, 0.15) is 0 Å². The van der Waals surface area contributed by atoms with Crippen LogP contribution in [-0.2, 0) is 9.59 Å². The molecular formula is C24H20ClN5O2S. The van der Waals surface area contributed by atoms with Crippen LogP contribution in [0.15, 0.2) is 58.7 Å². The number of aliphatic imine (C=N–C) groups is 1. The van der Waals surface area contributed by atoms with E-state index in [4.69, 9.17) is 11.6 Å². The first kappa shape index (κ1) is 21.6. The van der Waals surface area contributed by atoms with Gasteiger partial charge in [0.15, 0.2) is 5.17 Å². The predicted octanol–water partition coefficient (Wildman–Crippen LogP) is 5.49. The Kier molecular flexibility index (Phi) is 6.11. The molecular weight excluding hydrogens is 458 g/mol. The van der Waals surface area contributed by atoms with Gasteiger partial charge in [-0.2, -0.15) is 4.99 Å². The Morgan fingerprint density at radius 2 is 1.85 bits per heavy atom. The summed E-state index contributed by atoms with van der Waals surface area (Å²) < 4.78 is 0. The number of amides is 2. The van der Waals surface area contributed by atoms with Crippen LogP contribution in [0.3, 0.4) is 0 Å². The second-order valence-corrected chi connectivity index (χ2v) is 9.37. The highest BCUT2D eigenvalue weighted by molar-refractivity contribution is 8.18. The van der Waals surface area contributed by atoms with E-state index < -0.39 is 0 Å². The predicted molar refractivity (Wildman–Crippen MR) is 133 cm³/mol. The lowest BCUT2D eigenvalue weighted by atomic mass is 10.1. The Balaban J connectivity index is 1.29.